The number of anilines is 1. The van der Waals surface area contributed by atoms with Gasteiger partial charge in [-0.3, -0.25) is 0 Å². The van der Waals surface area contributed by atoms with Crippen molar-refractivity contribution in [2.24, 2.45) is 0 Å². The standard InChI is InChI=1S/C19H19FN4O2S2/c20-14-5-1-2-7-16(14)28(25,26)24-10-8-23(9-11-24)18-17-13-4-3-6-15(13)27-19(17)22-12-21-18/h1-2,5,7,12H,3-4,6,8-11H2. The molecule has 1 aliphatic carbocycles. The van der Waals surface area contributed by atoms with Gasteiger partial charge in [0.1, 0.15) is 27.7 Å². The number of nitrogens with zero attached hydrogens (tertiary/aromatic N) is 4. The van der Waals surface area contributed by atoms with E-state index in [2.05, 4.69) is 14.9 Å². The van der Waals surface area contributed by atoms with Gasteiger partial charge in [-0.05, 0) is 37.0 Å². The molecule has 146 valence electrons. The highest BCUT2D eigenvalue weighted by molar-refractivity contribution is 7.89. The Kier molecular flexibility index (Phi) is 4.33. The summed E-state index contributed by atoms with van der Waals surface area (Å²) >= 11 is 1.74. The van der Waals surface area contributed by atoms with Crippen LogP contribution in [0.4, 0.5) is 10.2 Å². The molecule has 6 nitrogen and oxygen atoms in total. The van der Waals surface area contributed by atoms with Gasteiger partial charge in [0, 0.05) is 31.1 Å². The lowest BCUT2D eigenvalue weighted by Crippen LogP contribution is -2.49. The molecule has 1 saturated heterocycles. The summed E-state index contributed by atoms with van der Waals surface area (Å²) in [5.41, 5.74) is 1.36. The third-order valence-electron chi connectivity index (χ3n) is 5.47. The fourth-order valence-corrected chi connectivity index (χ4v) is 6.80. The van der Waals surface area contributed by atoms with Crippen LogP contribution >= 0.6 is 11.3 Å². The molecule has 1 aromatic carbocycles. The lowest BCUT2D eigenvalue weighted by molar-refractivity contribution is 0.381. The third-order valence-corrected chi connectivity index (χ3v) is 8.61. The van der Waals surface area contributed by atoms with Gasteiger partial charge in [0.25, 0.3) is 0 Å². The van der Waals surface area contributed by atoms with Gasteiger partial charge < -0.3 is 4.90 Å². The number of aromatic nitrogens is 2. The lowest BCUT2D eigenvalue weighted by atomic mass is 10.1. The van der Waals surface area contributed by atoms with Gasteiger partial charge in [-0.1, -0.05) is 12.1 Å². The molecule has 2 aromatic heterocycles. The molecule has 0 spiro atoms. The molecule has 0 radical (unpaired) electrons. The molecule has 3 aromatic rings. The average Bonchev–Trinajstić information content (AvgIpc) is 3.29. The van der Waals surface area contributed by atoms with Crippen molar-refractivity contribution in [2.75, 3.05) is 31.1 Å². The van der Waals surface area contributed by atoms with Crippen molar-refractivity contribution >= 4 is 37.4 Å². The molecule has 0 N–H and O–H groups in total. The predicted octanol–water partition coefficient (Wildman–Crippen LogP) is 2.83. The summed E-state index contributed by atoms with van der Waals surface area (Å²) in [5.74, 6) is 0.184. The van der Waals surface area contributed by atoms with Crippen LogP contribution in [-0.2, 0) is 22.9 Å². The molecule has 5 rings (SSSR count). The Bertz CT molecular complexity index is 1150. The van der Waals surface area contributed by atoms with Gasteiger partial charge >= 0.3 is 0 Å². The van der Waals surface area contributed by atoms with Crippen LogP contribution in [0.5, 0.6) is 0 Å². The highest BCUT2D eigenvalue weighted by atomic mass is 32.2. The number of benzene rings is 1. The van der Waals surface area contributed by atoms with Crippen LogP contribution in [0.3, 0.4) is 0 Å². The van der Waals surface area contributed by atoms with Gasteiger partial charge in [0.2, 0.25) is 10.0 Å². The first-order valence-electron chi connectivity index (χ1n) is 9.30. The van der Waals surface area contributed by atoms with E-state index in [9.17, 15) is 12.8 Å². The van der Waals surface area contributed by atoms with Crippen LogP contribution in [0.2, 0.25) is 0 Å². The number of halogens is 1. The first-order chi connectivity index (χ1) is 13.6. The highest BCUT2D eigenvalue weighted by Gasteiger charge is 2.32. The number of aryl methyl sites for hydroxylation is 2. The van der Waals surface area contributed by atoms with E-state index in [1.807, 2.05) is 0 Å². The molecule has 1 fully saturated rings. The Morgan fingerprint density at radius 3 is 2.61 bits per heavy atom. The minimum Gasteiger partial charge on any atom is -0.353 e. The lowest BCUT2D eigenvalue weighted by Gasteiger charge is -2.35. The maximum atomic E-state index is 14.0. The molecule has 3 heterocycles. The van der Waals surface area contributed by atoms with E-state index in [1.54, 1.807) is 23.7 Å². The maximum absolute atomic E-state index is 14.0. The Hall–Kier alpha value is -2.10. The minimum absolute atomic E-state index is 0.261. The Balaban J connectivity index is 1.41. The van der Waals surface area contributed by atoms with Crippen LogP contribution in [0, 0.1) is 5.82 Å². The second kappa shape index (κ2) is 6.75. The number of sulfonamides is 1. The Morgan fingerprint density at radius 2 is 1.82 bits per heavy atom. The normalized spacial score (nSPS) is 18.0. The van der Waals surface area contributed by atoms with Crippen molar-refractivity contribution in [3.63, 3.8) is 0 Å². The molecule has 0 unspecified atom stereocenters. The summed E-state index contributed by atoms with van der Waals surface area (Å²) in [6.45, 7) is 1.64. The number of fused-ring (bicyclic) bond motifs is 3. The zero-order valence-electron chi connectivity index (χ0n) is 15.1. The predicted molar refractivity (Wildman–Crippen MR) is 107 cm³/mol. The van der Waals surface area contributed by atoms with Crippen LogP contribution in [0.1, 0.15) is 16.9 Å². The van der Waals surface area contributed by atoms with Gasteiger partial charge in [0.05, 0.1) is 5.39 Å². The van der Waals surface area contributed by atoms with Gasteiger partial charge in [0.15, 0.2) is 0 Å². The van der Waals surface area contributed by atoms with Crippen molar-refractivity contribution in [2.45, 2.75) is 24.2 Å². The highest BCUT2D eigenvalue weighted by Crippen LogP contribution is 2.40. The average molecular weight is 419 g/mol. The quantitative estimate of drug-likeness (QED) is 0.654. The summed E-state index contributed by atoms with van der Waals surface area (Å²) < 4.78 is 41.0. The van der Waals surface area contributed by atoms with Crippen molar-refractivity contribution in [1.29, 1.82) is 0 Å². The molecule has 1 aliphatic heterocycles. The molecule has 9 heteroatoms. The van der Waals surface area contributed by atoms with Crippen LogP contribution in [0.15, 0.2) is 35.5 Å². The molecule has 0 bridgehead atoms. The number of piperazine rings is 1. The fraction of sp³-hybridized carbons (Fsp3) is 0.368. The SMILES string of the molecule is O=S(=O)(c1ccccc1F)N1CCN(c2ncnc3sc4c(c23)CCC4)CC1. The Labute approximate surface area is 166 Å². The van der Waals surface area contributed by atoms with E-state index in [4.69, 9.17) is 0 Å². The van der Waals surface area contributed by atoms with Crippen molar-refractivity contribution in [3.8, 4) is 0 Å². The van der Waals surface area contributed by atoms with Crippen molar-refractivity contribution in [1.82, 2.24) is 14.3 Å². The number of thiophene rings is 1. The smallest absolute Gasteiger partial charge is 0.246 e. The molecule has 0 saturated carbocycles. The summed E-state index contributed by atoms with van der Waals surface area (Å²) in [5, 5.41) is 1.13. The van der Waals surface area contributed by atoms with E-state index in [0.29, 0.717) is 26.2 Å². The first-order valence-corrected chi connectivity index (χ1v) is 11.6. The van der Waals surface area contributed by atoms with Crippen molar-refractivity contribution < 1.29 is 12.8 Å². The van der Waals surface area contributed by atoms with E-state index >= 15 is 0 Å². The Morgan fingerprint density at radius 1 is 1.04 bits per heavy atom. The van der Waals surface area contributed by atoms with E-state index < -0.39 is 15.8 Å². The summed E-state index contributed by atoms with van der Waals surface area (Å²) in [7, 11) is -3.84. The number of rotatable bonds is 3. The molecule has 28 heavy (non-hydrogen) atoms. The number of hydrogen-bond donors (Lipinski definition) is 0. The molecular weight excluding hydrogens is 399 g/mol. The largest absolute Gasteiger partial charge is 0.353 e. The first kappa shape index (κ1) is 18.0. The van der Waals surface area contributed by atoms with Crippen molar-refractivity contribution in [3.05, 3.63) is 46.9 Å². The molecule has 2 aliphatic rings. The van der Waals surface area contributed by atoms with Gasteiger partial charge in [-0.15, -0.1) is 11.3 Å². The zero-order chi connectivity index (χ0) is 19.3. The van der Waals surface area contributed by atoms with Gasteiger partial charge in [-0.25, -0.2) is 22.8 Å². The molecule has 0 atom stereocenters. The van der Waals surface area contributed by atoms with Gasteiger partial charge in [-0.2, -0.15) is 4.31 Å². The monoisotopic (exact) mass is 418 g/mol. The second-order valence-electron chi connectivity index (χ2n) is 7.06. The van der Waals surface area contributed by atoms with Crippen LogP contribution < -0.4 is 4.90 Å². The topological polar surface area (TPSA) is 66.4 Å². The third kappa shape index (κ3) is 2.80. The minimum atomic E-state index is -3.84. The van der Waals surface area contributed by atoms with E-state index in [0.717, 1.165) is 28.9 Å². The summed E-state index contributed by atoms with van der Waals surface area (Å²) in [6.07, 6.45) is 4.91. The van der Waals surface area contributed by atoms with E-state index in [-0.39, 0.29) is 4.90 Å². The second-order valence-corrected chi connectivity index (χ2v) is 10.0. The molecular formula is C19H19FN4O2S2. The van der Waals surface area contributed by atoms with E-state index in [1.165, 1.54) is 39.4 Å². The maximum Gasteiger partial charge on any atom is 0.246 e. The van der Waals surface area contributed by atoms with Crippen LogP contribution in [0.25, 0.3) is 10.2 Å². The van der Waals surface area contributed by atoms with Crippen LogP contribution in [-0.4, -0.2) is 48.9 Å². The number of hydrogen-bond acceptors (Lipinski definition) is 6. The fourth-order valence-electron chi connectivity index (χ4n) is 4.08. The summed E-state index contributed by atoms with van der Waals surface area (Å²) in [6, 6.07) is 5.53. The summed E-state index contributed by atoms with van der Waals surface area (Å²) in [4.78, 5) is 13.2. The molecule has 0 amide bonds. The zero-order valence-corrected chi connectivity index (χ0v) is 16.8.